The van der Waals surface area contributed by atoms with Gasteiger partial charge in [0.05, 0.1) is 29.7 Å². The quantitative estimate of drug-likeness (QED) is 0.373. The van der Waals surface area contributed by atoms with Gasteiger partial charge in [-0.3, -0.25) is 9.78 Å². The van der Waals surface area contributed by atoms with Crippen LogP contribution in [0.25, 0.3) is 11.5 Å². The summed E-state index contributed by atoms with van der Waals surface area (Å²) >= 11 is 0. The van der Waals surface area contributed by atoms with Gasteiger partial charge < -0.3 is 14.8 Å². The standard InChI is InChI=1S/C22H17F8N5O3/c1-11(17-18(32-3-2-31-17)19-33-7-15(8-34-19)37-9-16(23)24)35-20(36)12-4-13(22(28,29)30)6-14(5-12)38-10-21(25,26)27/h2-8,11,16H,9-10H2,1H3,(H,35,36). The minimum atomic E-state index is -4.97. The van der Waals surface area contributed by atoms with Gasteiger partial charge in [-0.1, -0.05) is 0 Å². The van der Waals surface area contributed by atoms with Crippen molar-refractivity contribution in [2.75, 3.05) is 13.2 Å². The zero-order chi connectivity index (χ0) is 28.1. The summed E-state index contributed by atoms with van der Waals surface area (Å²) < 4.78 is 111. The summed E-state index contributed by atoms with van der Waals surface area (Å²) in [5.74, 6) is -1.96. The van der Waals surface area contributed by atoms with Crippen LogP contribution in [0.15, 0.2) is 43.0 Å². The Balaban J connectivity index is 1.83. The average molecular weight is 551 g/mol. The number of nitrogens with zero attached hydrogens (tertiary/aromatic N) is 4. The van der Waals surface area contributed by atoms with Crippen molar-refractivity contribution in [2.45, 2.75) is 31.7 Å². The van der Waals surface area contributed by atoms with Crippen LogP contribution in [0.1, 0.15) is 34.6 Å². The summed E-state index contributed by atoms with van der Waals surface area (Å²) in [6, 6.07) is 0.542. The summed E-state index contributed by atoms with van der Waals surface area (Å²) in [6.07, 6.45) is -7.75. The lowest BCUT2D eigenvalue weighted by Crippen LogP contribution is -2.28. The Labute approximate surface area is 209 Å². The van der Waals surface area contributed by atoms with Gasteiger partial charge in [0.2, 0.25) is 0 Å². The lowest BCUT2D eigenvalue weighted by Gasteiger charge is -2.17. The van der Waals surface area contributed by atoms with E-state index in [0.29, 0.717) is 12.1 Å². The molecule has 0 aliphatic heterocycles. The first-order chi connectivity index (χ1) is 17.7. The van der Waals surface area contributed by atoms with E-state index in [1.54, 1.807) is 0 Å². The summed E-state index contributed by atoms with van der Waals surface area (Å²) in [5, 5.41) is 2.39. The van der Waals surface area contributed by atoms with Gasteiger partial charge in [-0.2, -0.15) is 26.3 Å². The fourth-order valence-corrected chi connectivity index (χ4v) is 3.00. The van der Waals surface area contributed by atoms with Crippen molar-refractivity contribution >= 4 is 5.91 Å². The number of rotatable bonds is 9. The zero-order valence-corrected chi connectivity index (χ0v) is 19.1. The minimum absolute atomic E-state index is 0.0273. The van der Waals surface area contributed by atoms with E-state index in [1.165, 1.54) is 19.3 Å². The van der Waals surface area contributed by atoms with E-state index in [0.717, 1.165) is 18.5 Å². The van der Waals surface area contributed by atoms with Gasteiger partial charge in [-0.15, -0.1) is 0 Å². The Morgan fingerprint density at radius 2 is 1.58 bits per heavy atom. The molecule has 0 bridgehead atoms. The van der Waals surface area contributed by atoms with Gasteiger partial charge in [0.1, 0.15) is 18.1 Å². The third-order valence-corrected chi connectivity index (χ3v) is 4.60. The van der Waals surface area contributed by atoms with Gasteiger partial charge in [0.25, 0.3) is 12.3 Å². The Kier molecular flexibility index (Phi) is 8.63. The second-order valence-electron chi connectivity index (χ2n) is 7.58. The molecule has 204 valence electrons. The molecule has 1 N–H and O–H groups in total. The zero-order valence-electron chi connectivity index (χ0n) is 19.1. The highest BCUT2D eigenvalue weighted by Crippen LogP contribution is 2.33. The maximum atomic E-state index is 13.3. The molecule has 8 nitrogen and oxygen atoms in total. The Bertz CT molecular complexity index is 1250. The van der Waals surface area contributed by atoms with Crippen molar-refractivity contribution in [2.24, 2.45) is 0 Å². The van der Waals surface area contributed by atoms with Gasteiger partial charge in [0.15, 0.2) is 18.2 Å². The number of halogens is 8. The van der Waals surface area contributed by atoms with E-state index in [-0.39, 0.29) is 23.0 Å². The van der Waals surface area contributed by atoms with Gasteiger partial charge in [-0.05, 0) is 25.1 Å². The van der Waals surface area contributed by atoms with Crippen LogP contribution >= 0.6 is 0 Å². The monoisotopic (exact) mass is 551 g/mol. The predicted molar refractivity (Wildman–Crippen MR) is 113 cm³/mol. The minimum Gasteiger partial charge on any atom is -0.484 e. The van der Waals surface area contributed by atoms with Crippen LogP contribution in [-0.2, 0) is 6.18 Å². The number of nitrogens with one attached hydrogen (secondary N) is 1. The maximum Gasteiger partial charge on any atom is 0.422 e. The Morgan fingerprint density at radius 1 is 0.921 bits per heavy atom. The molecular formula is C22H17F8N5O3. The first-order valence-electron chi connectivity index (χ1n) is 10.5. The van der Waals surface area contributed by atoms with E-state index >= 15 is 0 Å². The highest BCUT2D eigenvalue weighted by Gasteiger charge is 2.33. The van der Waals surface area contributed by atoms with Crippen LogP contribution < -0.4 is 14.8 Å². The number of carbonyl (C=O) groups excluding carboxylic acids is 1. The number of amides is 1. The molecule has 0 aliphatic carbocycles. The van der Waals surface area contributed by atoms with Crippen LogP contribution in [0.4, 0.5) is 35.1 Å². The number of hydrogen-bond donors (Lipinski definition) is 1. The fraction of sp³-hybridized carbons (Fsp3) is 0.318. The summed E-state index contributed by atoms with van der Waals surface area (Å²) in [4.78, 5) is 28.9. The average Bonchev–Trinajstić information content (AvgIpc) is 2.85. The molecular weight excluding hydrogens is 534 g/mol. The maximum absolute atomic E-state index is 13.3. The highest BCUT2D eigenvalue weighted by molar-refractivity contribution is 5.95. The molecule has 0 saturated heterocycles. The van der Waals surface area contributed by atoms with E-state index in [9.17, 15) is 39.9 Å². The Hall–Kier alpha value is -4.11. The third kappa shape index (κ3) is 7.94. The van der Waals surface area contributed by atoms with Crippen LogP contribution in [0.5, 0.6) is 11.5 Å². The molecule has 2 heterocycles. The van der Waals surface area contributed by atoms with Crippen molar-refractivity contribution < 1.29 is 49.4 Å². The van der Waals surface area contributed by atoms with Crippen molar-refractivity contribution in [1.82, 2.24) is 25.3 Å². The second-order valence-corrected chi connectivity index (χ2v) is 7.58. The molecule has 0 fully saturated rings. The molecule has 3 aromatic rings. The van der Waals surface area contributed by atoms with E-state index in [1.807, 2.05) is 0 Å². The first-order valence-corrected chi connectivity index (χ1v) is 10.5. The molecule has 1 amide bonds. The van der Waals surface area contributed by atoms with Crippen molar-refractivity contribution in [3.8, 4) is 23.0 Å². The van der Waals surface area contributed by atoms with Crippen LogP contribution in [0.3, 0.4) is 0 Å². The topological polar surface area (TPSA) is 99.1 Å². The van der Waals surface area contributed by atoms with Crippen molar-refractivity contribution in [3.63, 3.8) is 0 Å². The molecule has 0 radical (unpaired) electrons. The van der Waals surface area contributed by atoms with Crippen LogP contribution in [0, 0.1) is 0 Å². The molecule has 2 aromatic heterocycles. The largest absolute Gasteiger partial charge is 0.484 e. The first kappa shape index (κ1) is 28.5. The molecule has 1 atom stereocenters. The number of aromatic nitrogens is 4. The van der Waals surface area contributed by atoms with Gasteiger partial charge in [-0.25, -0.2) is 23.7 Å². The number of hydrogen-bond acceptors (Lipinski definition) is 7. The molecule has 38 heavy (non-hydrogen) atoms. The third-order valence-electron chi connectivity index (χ3n) is 4.60. The molecule has 1 aromatic carbocycles. The SMILES string of the molecule is CC(NC(=O)c1cc(OCC(F)(F)F)cc(C(F)(F)F)c1)c1nccnc1-c1ncc(OCC(F)F)cn1. The van der Waals surface area contributed by atoms with E-state index in [2.05, 4.69) is 30.0 Å². The molecule has 3 rings (SSSR count). The second kappa shape index (κ2) is 11.5. The highest BCUT2D eigenvalue weighted by atomic mass is 19.4. The summed E-state index contributed by atoms with van der Waals surface area (Å²) in [5.41, 5.74) is -1.87. The predicted octanol–water partition coefficient (Wildman–Crippen LogP) is 5.03. The number of benzene rings is 1. The van der Waals surface area contributed by atoms with Crippen LogP contribution in [0.2, 0.25) is 0 Å². The lowest BCUT2D eigenvalue weighted by molar-refractivity contribution is -0.153. The summed E-state index contributed by atoms with van der Waals surface area (Å²) in [7, 11) is 0. The smallest absolute Gasteiger partial charge is 0.422 e. The normalized spacial score (nSPS) is 12.8. The number of carbonyl (C=O) groups is 1. The Morgan fingerprint density at radius 3 is 2.18 bits per heavy atom. The molecule has 0 spiro atoms. The lowest BCUT2D eigenvalue weighted by atomic mass is 10.1. The van der Waals surface area contributed by atoms with E-state index in [4.69, 9.17) is 4.74 Å². The summed E-state index contributed by atoms with van der Waals surface area (Å²) in [6.45, 7) is -1.32. The molecule has 0 aliphatic rings. The van der Waals surface area contributed by atoms with Crippen molar-refractivity contribution in [1.29, 1.82) is 0 Å². The van der Waals surface area contributed by atoms with Crippen molar-refractivity contribution in [3.05, 3.63) is 59.8 Å². The molecule has 0 saturated carbocycles. The number of alkyl halides is 8. The van der Waals surface area contributed by atoms with Gasteiger partial charge >= 0.3 is 12.4 Å². The molecule has 1 unspecified atom stereocenters. The van der Waals surface area contributed by atoms with Crippen LogP contribution in [-0.4, -0.2) is 51.7 Å². The van der Waals surface area contributed by atoms with Gasteiger partial charge in [0, 0.05) is 18.0 Å². The fourth-order valence-electron chi connectivity index (χ4n) is 3.00. The van der Waals surface area contributed by atoms with E-state index < -0.39 is 60.8 Å². The molecule has 16 heteroatoms. The number of ether oxygens (including phenoxy) is 2.